The molecule has 7 nitrogen and oxygen atoms in total. The standard InChI is InChI=1S/C26H22BrN5O2/c1-16-22(25(33)29-20-6-4-3-5-7-20)23(17-8-12-19(27)13-9-17)32-26(28-16)30-24(31-32)18-10-14-21(34-2)15-11-18/h3-15,23H,1-2H3,(H,29,33)(H,28,30,31). The molecule has 1 unspecified atom stereocenters. The highest BCUT2D eigenvalue weighted by Gasteiger charge is 2.34. The quantitative estimate of drug-likeness (QED) is 0.359. The van der Waals surface area contributed by atoms with E-state index in [9.17, 15) is 4.79 Å². The van der Waals surface area contributed by atoms with E-state index in [4.69, 9.17) is 14.8 Å². The number of nitrogens with zero attached hydrogens (tertiary/aromatic N) is 3. The van der Waals surface area contributed by atoms with Gasteiger partial charge in [-0.15, -0.1) is 5.10 Å². The molecule has 1 aromatic heterocycles. The van der Waals surface area contributed by atoms with Crippen molar-refractivity contribution in [2.45, 2.75) is 13.0 Å². The molecular weight excluding hydrogens is 494 g/mol. The van der Waals surface area contributed by atoms with Crippen LogP contribution in [-0.4, -0.2) is 27.8 Å². The Morgan fingerprint density at radius 3 is 2.41 bits per heavy atom. The molecule has 2 N–H and O–H groups in total. The molecule has 5 rings (SSSR count). The average Bonchev–Trinajstić information content (AvgIpc) is 3.28. The van der Waals surface area contributed by atoms with Crippen molar-refractivity contribution in [3.8, 4) is 17.1 Å². The van der Waals surface area contributed by atoms with E-state index >= 15 is 0 Å². The first-order valence-corrected chi connectivity index (χ1v) is 11.5. The third kappa shape index (κ3) is 4.20. The maximum absolute atomic E-state index is 13.5. The zero-order chi connectivity index (χ0) is 23.7. The summed E-state index contributed by atoms with van der Waals surface area (Å²) in [4.78, 5) is 18.2. The zero-order valence-corrected chi connectivity index (χ0v) is 20.2. The van der Waals surface area contributed by atoms with Gasteiger partial charge in [0, 0.05) is 21.4 Å². The molecule has 4 aromatic rings. The number of rotatable bonds is 5. The number of carbonyl (C=O) groups is 1. The van der Waals surface area contributed by atoms with Gasteiger partial charge in [0.2, 0.25) is 5.95 Å². The molecule has 1 amide bonds. The molecule has 1 atom stereocenters. The van der Waals surface area contributed by atoms with E-state index in [1.807, 2.05) is 85.8 Å². The average molecular weight is 516 g/mol. The van der Waals surface area contributed by atoms with Crippen LogP contribution in [0, 0.1) is 0 Å². The molecule has 0 saturated heterocycles. The zero-order valence-electron chi connectivity index (χ0n) is 18.6. The first-order valence-electron chi connectivity index (χ1n) is 10.7. The van der Waals surface area contributed by atoms with E-state index in [1.165, 1.54) is 0 Å². The lowest BCUT2D eigenvalue weighted by molar-refractivity contribution is -0.113. The summed E-state index contributed by atoms with van der Waals surface area (Å²) in [5.74, 6) is 1.70. The molecule has 0 saturated carbocycles. The predicted molar refractivity (Wildman–Crippen MR) is 136 cm³/mol. The Morgan fingerprint density at radius 2 is 1.74 bits per heavy atom. The lowest BCUT2D eigenvalue weighted by Crippen LogP contribution is -2.31. The lowest BCUT2D eigenvalue weighted by Gasteiger charge is -2.28. The van der Waals surface area contributed by atoms with Gasteiger partial charge in [-0.05, 0) is 61.0 Å². The topological polar surface area (TPSA) is 81.1 Å². The molecule has 0 spiro atoms. The number of benzene rings is 3. The minimum atomic E-state index is -0.451. The van der Waals surface area contributed by atoms with E-state index in [1.54, 1.807) is 11.8 Å². The highest BCUT2D eigenvalue weighted by atomic mass is 79.9. The number of halogens is 1. The maximum atomic E-state index is 13.5. The van der Waals surface area contributed by atoms with Gasteiger partial charge in [-0.2, -0.15) is 4.98 Å². The molecule has 0 bridgehead atoms. The molecule has 0 radical (unpaired) electrons. The fraction of sp³-hybridized carbons (Fsp3) is 0.115. The Bertz CT molecular complexity index is 1360. The number of fused-ring (bicyclic) bond motifs is 1. The largest absolute Gasteiger partial charge is 0.497 e. The van der Waals surface area contributed by atoms with Crippen LogP contribution in [0.4, 0.5) is 11.6 Å². The molecule has 34 heavy (non-hydrogen) atoms. The van der Waals surface area contributed by atoms with E-state index in [0.717, 1.165) is 32.7 Å². The van der Waals surface area contributed by atoms with Crippen LogP contribution in [0.2, 0.25) is 0 Å². The summed E-state index contributed by atoms with van der Waals surface area (Å²) in [7, 11) is 1.63. The van der Waals surface area contributed by atoms with Crippen molar-refractivity contribution in [3.05, 3.63) is 100 Å². The highest BCUT2D eigenvalue weighted by Crippen LogP contribution is 2.37. The summed E-state index contributed by atoms with van der Waals surface area (Å²) < 4.78 is 7.99. The third-order valence-corrected chi connectivity index (χ3v) is 6.19. The summed E-state index contributed by atoms with van der Waals surface area (Å²) in [5.41, 5.74) is 3.81. The Morgan fingerprint density at radius 1 is 1.03 bits per heavy atom. The monoisotopic (exact) mass is 515 g/mol. The molecule has 3 aromatic carbocycles. The molecular formula is C26H22BrN5O2. The smallest absolute Gasteiger partial charge is 0.255 e. The normalized spacial score (nSPS) is 14.9. The summed E-state index contributed by atoms with van der Waals surface area (Å²) in [6, 6.07) is 24.4. The van der Waals surface area contributed by atoms with Crippen molar-refractivity contribution in [2.24, 2.45) is 0 Å². The van der Waals surface area contributed by atoms with Crippen LogP contribution in [0.1, 0.15) is 18.5 Å². The minimum absolute atomic E-state index is 0.198. The summed E-state index contributed by atoms with van der Waals surface area (Å²) in [5, 5.41) is 11.1. The number of hydrogen-bond acceptors (Lipinski definition) is 5. The first kappa shape index (κ1) is 21.9. The van der Waals surface area contributed by atoms with Crippen LogP contribution in [0.25, 0.3) is 11.4 Å². The second-order valence-electron chi connectivity index (χ2n) is 7.87. The molecule has 170 valence electrons. The highest BCUT2D eigenvalue weighted by molar-refractivity contribution is 9.10. The van der Waals surface area contributed by atoms with Crippen LogP contribution in [0.3, 0.4) is 0 Å². The van der Waals surface area contributed by atoms with Gasteiger partial charge in [0.15, 0.2) is 5.82 Å². The lowest BCUT2D eigenvalue weighted by atomic mass is 9.95. The van der Waals surface area contributed by atoms with Crippen molar-refractivity contribution in [1.29, 1.82) is 0 Å². The van der Waals surface area contributed by atoms with Crippen LogP contribution in [0.5, 0.6) is 5.75 Å². The number of carbonyl (C=O) groups excluding carboxylic acids is 1. The molecule has 0 aliphatic carbocycles. The number of ether oxygens (including phenoxy) is 1. The first-order chi connectivity index (χ1) is 16.5. The SMILES string of the molecule is COc1ccc(-c2nc3n(n2)C(c2ccc(Br)cc2)C(C(=O)Nc2ccccc2)=C(C)N3)cc1. The van der Waals surface area contributed by atoms with Gasteiger partial charge in [-0.25, -0.2) is 4.68 Å². The minimum Gasteiger partial charge on any atom is -0.497 e. The summed E-state index contributed by atoms with van der Waals surface area (Å²) >= 11 is 3.50. The van der Waals surface area contributed by atoms with Crippen molar-refractivity contribution < 1.29 is 9.53 Å². The van der Waals surface area contributed by atoms with Gasteiger partial charge in [0.1, 0.15) is 11.8 Å². The number of anilines is 2. The number of allylic oxidation sites excluding steroid dienone is 1. The number of hydrogen-bond donors (Lipinski definition) is 2. The fourth-order valence-electron chi connectivity index (χ4n) is 3.98. The summed E-state index contributed by atoms with van der Waals surface area (Å²) in [6.07, 6.45) is 0. The number of para-hydroxylation sites is 1. The van der Waals surface area contributed by atoms with Gasteiger partial charge in [-0.1, -0.05) is 46.3 Å². The van der Waals surface area contributed by atoms with E-state index < -0.39 is 6.04 Å². The van der Waals surface area contributed by atoms with Crippen LogP contribution >= 0.6 is 15.9 Å². The van der Waals surface area contributed by atoms with Crippen LogP contribution in [-0.2, 0) is 4.79 Å². The van der Waals surface area contributed by atoms with E-state index in [-0.39, 0.29) is 5.91 Å². The number of nitrogens with one attached hydrogen (secondary N) is 2. The van der Waals surface area contributed by atoms with E-state index in [0.29, 0.717) is 17.3 Å². The number of aromatic nitrogens is 3. The maximum Gasteiger partial charge on any atom is 0.255 e. The van der Waals surface area contributed by atoms with Crippen molar-refractivity contribution >= 4 is 33.5 Å². The predicted octanol–water partition coefficient (Wildman–Crippen LogP) is 5.64. The van der Waals surface area contributed by atoms with Crippen LogP contribution in [0.15, 0.2) is 94.6 Å². The second kappa shape index (κ2) is 9.15. The molecule has 0 fully saturated rings. The van der Waals surface area contributed by atoms with Gasteiger partial charge >= 0.3 is 0 Å². The van der Waals surface area contributed by atoms with Crippen LogP contribution < -0.4 is 15.4 Å². The van der Waals surface area contributed by atoms with Crippen molar-refractivity contribution in [3.63, 3.8) is 0 Å². The Labute approximate surface area is 205 Å². The van der Waals surface area contributed by atoms with E-state index in [2.05, 4.69) is 26.6 Å². The fourth-order valence-corrected chi connectivity index (χ4v) is 4.24. The molecule has 8 heteroatoms. The summed E-state index contributed by atoms with van der Waals surface area (Å²) in [6.45, 7) is 1.89. The van der Waals surface area contributed by atoms with Crippen molar-refractivity contribution in [2.75, 3.05) is 17.7 Å². The second-order valence-corrected chi connectivity index (χ2v) is 8.79. The van der Waals surface area contributed by atoms with Gasteiger partial charge < -0.3 is 15.4 Å². The molecule has 1 aliphatic heterocycles. The van der Waals surface area contributed by atoms with Gasteiger partial charge in [0.25, 0.3) is 5.91 Å². The Balaban J connectivity index is 1.58. The molecule has 2 heterocycles. The molecule has 1 aliphatic rings. The third-order valence-electron chi connectivity index (χ3n) is 5.66. The van der Waals surface area contributed by atoms with Gasteiger partial charge in [0.05, 0.1) is 12.7 Å². The number of amides is 1. The van der Waals surface area contributed by atoms with Crippen molar-refractivity contribution in [1.82, 2.24) is 14.8 Å². The Hall–Kier alpha value is -3.91. The Kier molecular flexibility index (Phi) is 5.90. The van der Waals surface area contributed by atoms with Gasteiger partial charge in [-0.3, -0.25) is 4.79 Å². The number of methoxy groups -OCH3 is 1.